The molecular formula is C17H22N2O. The van der Waals surface area contributed by atoms with Gasteiger partial charge in [-0.05, 0) is 29.0 Å². The fraction of sp³-hybridized carbons (Fsp3) is 0.412. The first-order valence-corrected chi connectivity index (χ1v) is 6.85. The molecule has 0 spiro atoms. The van der Waals surface area contributed by atoms with Crippen molar-refractivity contribution in [1.29, 1.82) is 5.26 Å². The molecule has 0 saturated carbocycles. The standard InChI is InChI=1S/C17H22N2O/c1-5-15(12-18)19-16(20)11-8-13-6-9-14(10-7-13)17(2,3)4/h6-11,15H,5H2,1-4H3,(H,19,20)/b11-8-/t15-/m1/s1. The summed E-state index contributed by atoms with van der Waals surface area (Å²) >= 11 is 0. The Kier molecular flexibility index (Phi) is 5.52. The number of nitriles is 1. The summed E-state index contributed by atoms with van der Waals surface area (Å²) in [5, 5.41) is 11.4. The topological polar surface area (TPSA) is 52.9 Å². The molecule has 0 saturated heterocycles. The summed E-state index contributed by atoms with van der Waals surface area (Å²) in [4.78, 5) is 11.6. The Balaban J connectivity index is 2.67. The van der Waals surface area contributed by atoms with Crippen LogP contribution in [0.25, 0.3) is 6.08 Å². The van der Waals surface area contributed by atoms with Crippen LogP contribution in [-0.2, 0) is 10.2 Å². The highest BCUT2D eigenvalue weighted by molar-refractivity contribution is 5.92. The minimum atomic E-state index is -0.421. The number of carbonyl (C=O) groups excluding carboxylic acids is 1. The van der Waals surface area contributed by atoms with E-state index in [0.717, 1.165) is 5.56 Å². The van der Waals surface area contributed by atoms with Crippen molar-refractivity contribution in [1.82, 2.24) is 5.32 Å². The van der Waals surface area contributed by atoms with Gasteiger partial charge in [-0.2, -0.15) is 5.26 Å². The number of benzene rings is 1. The predicted molar refractivity (Wildman–Crippen MR) is 82.0 cm³/mol. The lowest BCUT2D eigenvalue weighted by Gasteiger charge is -2.18. The molecule has 1 rings (SSSR count). The van der Waals surface area contributed by atoms with Crippen molar-refractivity contribution in [3.8, 4) is 6.07 Å². The van der Waals surface area contributed by atoms with Gasteiger partial charge < -0.3 is 5.32 Å². The number of hydrogen-bond donors (Lipinski definition) is 1. The molecule has 0 fully saturated rings. The van der Waals surface area contributed by atoms with Crippen molar-refractivity contribution < 1.29 is 4.79 Å². The lowest BCUT2D eigenvalue weighted by molar-refractivity contribution is -0.116. The molecule has 0 aliphatic heterocycles. The molecule has 0 radical (unpaired) electrons. The van der Waals surface area contributed by atoms with E-state index in [-0.39, 0.29) is 11.3 Å². The van der Waals surface area contributed by atoms with Gasteiger partial charge in [0.25, 0.3) is 0 Å². The van der Waals surface area contributed by atoms with Crippen LogP contribution in [0.4, 0.5) is 0 Å². The predicted octanol–water partition coefficient (Wildman–Crippen LogP) is 3.42. The minimum absolute atomic E-state index is 0.126. The van der Waals surface area contributed by atoms with E-state index in [1.165, 1.54) is 11.6 Å². The maximum absolute atomic E-state index is 11.6. The van der Waals surface area contributed by atoms with E-state index < -0.39 is 6.04 Å². The highest BCUT2D eigenvalue weighted by Crippen LogP contribution is 2.22. The van der Waals surface area contributed by atoms with Gasteiger partial charge in [0, 0.05) is 6.08 Å². The first-order chi connectivity index (χ1) is 9.36. The van der Waals surface area contributed by atoms with Gasteiger partial charge >= 0.3 is 0 Å². The Labute approximate surface area is 121 Å². The van der Waals surface area contributed by atoms with Gasteiger partial charge in [0.15, 0.2) is 0 Å². The average Bonchev–Trinajstić information content (AvgIpc) is 2.42. The monoisotopic (exact) mass is 270 g/mol. The zero-order valence-corrected chi connectivity index (χ0v) is 12.6. The van der Waals surface area contributed by atoms with Gasteiger partial charge in [0.05, 0.1) is 6.07 Å². The molecule has 0 bridgehead atoms. The zero-order chi connectivity index (χ0) is 15.2. The SMILES string of the molecule is CC[C@H](C#N)NC(=O)/C=C\c1ccc(C(C)(C)C)cc1. The molecule has 106 valence electrons. The van der Waals surface area contributed by atoms with E-state index in [9.17, 15) is 4.79 Å². The maximum atomic E-state index is 11.6. The number of amides is 1. The van der Waals surface area contributed by atoms with Crippen molar-refractivity contribution in [2.45, 2.75) is 45.6 Å². The van der Waals surface area contributed by atoms with E-state index >= 15 is 0 Å². The van der Waals surface area contributed by atoms with E-state index in [1.807, 2.05) is 25.1 Å². The third-order valence-corrected chi connectivity index (χ3v) is 3.08. The normalized spacial score (nSPS) is 12.9. The summed E-state index contributed by atoms with van der Waals surface area (Å²) in [6.07, 6.45) is 3.83. The number of hydrogen-bond acceptors (Lipinski definition) is 2. The molecule has 1 aromatic carbocycles. The second-order valence-electron chi connectivity index (χ2n) is 5.80. The molecule has 0 aliphatic rings. The van der Waals surface area contributed by atoms with E-state index in [2.05, 4.69) is 38.2 Å². The van der Waals surface area contributed by atoms with Crippen LogP contribution < -0.4 is 5.32 Å². The summed E-state index contributed by atoms with van der Waals surface area (Å²) in [5.74, 6) is -0.238. The molecule has 3 nitrogen and oxygen atoms in total. The molecule has 0 unspecified atom stereocenters. The van der Waals surface area contributed by atoms with Crippen LogP contribution in [0.2, 0.25) is 0 Å². The Hall–Kier alpha value is -2.08. The molecule has 1 aromatic rings. The molecule has 20 heavy (non-hydrogen) atoms. The van der Waals surface area contributed by atoms with Crippen molar-refractivity contribution >= 4 is 12.0 Å². The Morgan fingerprint density at radius 2 is 1.95 bits per heavy atom. The molecular weight excluding hydrogens is 248 g/mol. The molecule has 1 N–H and O–H groups in total. The Bertz CT molecular complexity index is 515. The summed E-state index contributed by atoms with van der Waals surface area (Å²) in [6, 6.07) is 9.74. The van der Waals surface area contributed by atoms with E-state index in [0.29, 0.717) is 6.42 Å². The van der Waals surface area contributed by atoms with Crippen LogP contribution in [0.3, 0.4) is 0 Å². The quantitative estimate of drug-likeness (QED) is 0.852. The van der Waals surface area contributed by atoms with Crippen molar-refractivity contribution in [3.63, 3.8) is 0 Å². The maximum Gasteiger partial charge on any atom is 0.245 e. The van der Waals surface area contributed by atoms with E-state index in [4.69, 9.17) is 5.26 Å². The van der Waals surface area contributed by atoms with Crippen molar-refractivity contribution in [3.05, 3.63) is 41.5 Å². The molecule has 3 heteroatoms. The van der Waals surface area contributed by atoms with Gasteiger partial charge in [0.1, 0.15) is 6.04 Å². The Morgan fingerprint density at radius 1 is 1.35 bits per heavy atom. The summed E-state index contributed by atoms with van der Waals surface area (Å²) in [5.41, 5.74) is 2.36. The van der Waals surface area contributed by atoms with Crippen LogP contribution in [0.1, 0.15) is 45.2 Å². The molecule has 1 amide bonds. The number of nitrogens with one attached hydrogen (secondary N) is 1. The zero-order valence-electron chi connectivity index (χ0n) is 12.6. The van der Waals surface area contributed by atoms with Gasteiger partial charge in [-0.15, -0.1) is 0 Å². The first-order valence-electron chi connectivity index (χ1n) is 6.85. The molecule has 1 atom stereocenters. The van der Waals surface area contributed by atoms with Crippen LogP contribution >= 0.6 is 0 Å². The van der Waals surface area contributed by atoms with Crippen molar-refractivity contribution in [2.75, 3.05) is 0 Å². The smallest absolute Gasteiger partial charge is 0.245 e. The van der Waals surface area contributed by atoms with Crippen LogP contribution in [-0.4, -0.2) is 11.9 Å². The summed E-state index contributed by atoms with van der Waals surface area (Å²) in [7, 11) is 0. The first kappa shape index (κ1) is 16.0. The van der Waals surface area contributed by atoms with Gasteiger partial charge in [-0.1, -0.05) is 52.0 Å². The average molecular weight is 270 g/mol. The fourth-order valence-electron chi connectivity index (χ4n) is 1.71. The number of rotatable bonds is 4. The van der Waals surface area contributed by atoms with Gasteiger partial charge in [0.2, 0.25) is 5.91 Å². The Morgan fingerprint density at radius 3 is 2.40 bits per heavy atom. The van der Waals surface area contributed by atoms with Gasteiger partial charge in [-0.25, -0.2) is 0 Å². The largest absolute Gasteiger partial charge is 0.337 e. The number of carbonyl (C=O) groups is 1. The highest BCUT2D eigenvalue weighted by atomic mass is 16.1. The fourth-order valence-corrected chi connectivity index (χ4v) is 1.71. The summed E-state index contributed by atoms with van der Waals surface area (Å²) in [6.45, 7) is 8.36. The van der Waals surface area contributed by atoms with Crippen LogP contribution in [0, 0.1) is 11.3 Å². The lowest BCUT2D eigenvalue weighted by atomic mass is 9.87. The minimum Gasteiger partial charge on any atom is -0.337 e. The van der Waals surface area contributed by atoms with Crippen molar-refractivity contribution in [2.24, 2.45) is 0 Å². The third kappa shape index (κ3) is 4.89. The molecule has 0 aliphatic carbocycles. The molecule has 0 aromatic heterocycles. The molecule has 0 heterocycles. The van der Waals surface area contributed by atoms with Gasteiger partial charge in [-0.3, -0.25) is 4.79 Å². The third-order valence-electron chi connectivity index (χ3n) is 3.08. The van der Waals surface area contributed by atoms with Crippen LogP contribution in [0.5, 0.6) is 0 Å². The summed E-state index contributed by atoms with van der Waals surface area (Å²) < 4.78 is 0. The number of nitrogens with zero attached hydrogens (tertiary/aromatic N) is 1. The lowest BCUT2D eigenvalue weighted by Crippen LogP contribution is -2.31. The van der Waals surface area contributed by atoms with Crippen LogP contribution in [0.15, 0.2) is 30.3 Å². The second kappa shape index (κ2) is 6.91. The van der Waals surface area contributed by atoms with E-state index in [1.54, 1.807) is 6.08 Å². The highest BCUT2D eigenvalue weighted by Gasteiger charge is 2.12. The second-order valence-corrected chi connectivity index (χ2v) is 5.80.